The van der Waals surface area contributed by atoms with Gasteiger partial charge in [0, 0.05) is 37.6 Å². The van der Waals surface area contributed by atoms with Crippen LogP contribution < -0.4 is 5.32 Å². The number of rotatable bonds is 5. The minimum Gasteiger partial charge on any atom is -0.352 e. The molecule has 2 aromatic rings. The predicted molar refractivity (Wildman–Crippen MR) is 113 cm³/mol. The Morgan fingerprint density at radius 1 is 1.19 bits per heavy atom. The van der Waals surface area contributed by atoms with E-state index >= 15 is 0 Å². The maximum absolute atomic E-state index is 12.4. The van der Waals surface area contributed by atoms with Gasteiger partial charge in [0.1, 0.15) is 0 Å². The number of hydrogen-bond acceptors (Lipinski definition) is 3. The normalized spacial score (nSPS) is 12.9. The third-order valence-electron chi connectivity index (χ3n) is 4.29. The van der Waals surface area contributed by atoms with Crippen molar-refractivity contribution >= 4 is 45.0 Å². The van der Waals surface area contributed by atoms with Crippen LogP contribution in [0.15, 0.2) is 55.7 Å². The molecule has 1 heterocycles. The standard InChI is InChI=1S/C21H23BrN2OS/c1-4-17-16-12-15(22)6-8-19(16)26-20-7-5-14(11-18(20)24-17)21(25)23-10-9-13(2)3/h5-8,11-13H,4,9-10H2,1-3H3,(H,23,25). The first-order chi connectivity index (χ1) is 12.5. The van der Waals surface area contributed by atoms with Crippen LogP contribution in [0.5, 0.6) is 0 Å². The van der Waals surface area contributed by atoms with E-state index in [-0.39, 0.29) is 5.91 Å². The van der Waals surface area contributed by atoms with E-state index < -0.39 is 0 Å². The second-order valence-electron chi connectivity index (χ2n) is 6.78. The first kappa shape index (κ1) is 19.2. The van der Waals surface area contributed by atoms with Crippen LogP contribution >= 0.6 is 27.7 Å². The highest BCUT2D eigenvalue weighted by Crippen LogP contribution is 2.41. The van der Waals surface area contributed by atoms with Gasteiger partial charge in [-0.25, -0.2) is 0 Å². The molecule has 136 valence electrons. The van der Waals surface area contributed by atoms with Crippen LogP contribution in [0, 0.1) is 5.92 Å². The summed E-state index contributed by atoms with van der Waals surface area (Å²) in [6.07, 6.45) is 1.82. The lowest BCUT2D eigenvalue weighted by atomic mass is 10.1. The maximum atomic E-state index is 12.4. The van der Waals surface area contributed by atoms with E-state index in [1.54, 1.807) is 11.8 Å². The topological polar surface area (TPSA) is 41.5 Å². The van der Waals surface area contributed by atoms with Gasteiger partial charge in [0.05, 0.1) is 5.69 Å². The summed E-state index contributed by atoms with van der Waals surface area (Å²) in [6, 6.07) is 12.1. The summed E-state index contributed by atoms with van der Waals surface area (Å²) in [7, 11) is 0. The number of halogens is 1. The summed E-state index contributed by atoms with van der Waals surface area (Å²) >= 11 is 5.26. The molecule has 0 aliphatic carbocycles. The Bertz CT molecular complexity index is 861. The van der Waals surface area contributed by atoms with Gasteiger partial charge >= 0.3 is 0 Å². The highest BCUT2D eigenvalue weighted by atomic mass is 79.9. The van der Waals surface area contributed by atoms with Crippen molar-refractivity contribution in [1.82, 2.24) is 5.32 Å². The van der Waals surface area contributed by atoms with E-state index in [0.717, 1.165) is 39.2 Å². The van der Waals surface area contributed by atoms with Crippen molar-refractivity contribution in [2.45, 2.75) is 43.4 Å². The van der Waals surface area contributed by atoms with Crippen molar-refractivity contribution in [2.24, 2.45) is 10.9 Å². The average Bonchev–Trinajstić information content (AvgIpc) is 2.76. The van der Waals surface area contributed by atoms with E-state index in [0.29, 0.717) is 18.0 Å². The van der Waals surface area contributed by atoms with E-state index in [4.69, 9.17) is 4.99 Å². The van der Waals surface area contributed by atoms with Crippen LogP contribution in [0.4, 0.5) is 5.69 Å². The zero-order valence-corrected chi connectivity index (χ0v) is 17.7. The molecule has 0 unspecified atom stereocenters. The second-order valence-corrected chi connectivity index (χ2v) is 8.77. The van der Waals surface area contributed by atoms with Crippen LogP contribution in [0.2, 0.25) is 0 Å². The Morgan fingerprint density at radius 2 is 1.96 bits per heavy atom. The fourth-order valence-corrected chi connectivity index (χ4v) is 4.19. The van der Waals surface area contributed by atoms with E-state index in [2.05, 4.69) is 60.2 Å². The molecule has 1 N–H and O–H groups in total. The monoisotopic (exact) mass is 430 g/mol. The van der Waals surface area contributed by atoms with Crippen molar-refractivity contribution in [2.75, 3.05) is 6.54 Å². The van der Waals surface area contributed by atoms with Gasteiger partial charge < -0.3 is 5.32 Å². The summed E-state index contributed by atoms with van der Waals surface area (Å²) in [5.41, 5.74) is 3.74. The van der Waals surface area contributed by atoms with Gasteiger partial charge in [-0.2, -0.15) is 0 Å². The number of carbonyl (C=O) groups is 1. The van der Waals surface area contributed by atoms with Crippen LogP contribution in [0.25, 0.3) is 0 Å². The minimum absolute atomic E-state index is 0.0313. The molecule has 0 saturated carbocycles. The third kappa shape index (κ3) is 4.38. The molecule has 1 aliphatic heterocycles. The molecule has 3 rings (SSSR count). The number of nitrogens with one attached hydrogen (secondary N) is 1. The lowest BCUT2D eigenvalue weighted by Crippen LogP contribution is -2.25. The number of fused-ring (bicyclic) bond motifs is 2. The van der Waals surface area contributed by atoms with Gasteiger partial charge in [0.25, 0.3) is 5.91 Å². The summed E-state index contributed by atoms with van der Waals surface area (Å²) in [6.45, 7) is 7.12. The summed E-state index contributed by atoms with van der Waals surface area (Å²) in [5.74, 6) is 0.546. The molecule has 0 bridgehead atoms. The third-order valence-corrected chi connectivity index (χ3v) is 5.93. The second kappa shape index (κ2) is 8.40. The Morgan fingerprint density at radius 3 is 2.69 bits per heavy atom. The zero-order chi connectivity index (χ0) is 18.7. The van der Waals surface area contributed by atoms with Crippen LogP contribution in [0.3, 0.4) is 0 Å². The average molecular weight is 431 g/mol. The Hall–Kier alpha value is -1.59. The summed E-state index contributed by atoms with van der Waals surface area (Å²) in [5, 5.41) is 3.00. The molecule has 0 saturated heterocycles. The van der Waals surface area contributed by atoms with Crippen molar-refractivity contribution in [3.8, 4) is 0 Å². The minimum atomic E-state index is -0.0313. The molecule has 0 spiro atoms. The lowest BCUT2D eigenvalue weighted by Gasteiger charge is -2.09. The first-order valence-corrected chi connectivity index (χ1v) is 10.6. The Labute approximate surface area is 167 Å². The highest BCUT2D eigenvalue weighted by molar-refractivity contribution is 9.10. The van der Waals surface area contributed by atoms with Gasteiger partial charge in [-0.15, -0.1) is 0 Å². The van der Waals surface area contributed by atoms with E-state index in [9.17, 15) is 4.79 Å². The molecule has 0 atom stereocenters. The lowest BCUT2D eigenvalue weighted by molar-refractivity contribution is 0.0952. The SMILES string of the molecule is CCC1=Nc2cc(C(=O)NCCC(C)C)ccc2Sc2ccc(Br)cc21. The molecule has 0 fully saturated rings. The summed E-state index contributed by atoms with van der Waals surface area (Å²) in [4.78, 5) is 19.6. The van der Waals surface area contributed by atoms with Gasteiger partial charge in [-0.3, -0.25) is 9.79 Å². The number of nitrogens with zero attached hydrogens (tertiary/aromatic N) is 1. The van der Waals surface area contributed by atoms with E-state index in [1.165, 1.54) is 4.90 Å². The van der Waals surface area contributed by atoms with Gasteiger partial charge in [0.2, 0.25) is 0 Å². The van der Waals surface area contributed by atoms with Gasteiger partial charge in [-0.05, 0) is 55.2 Å². The van der Waals surface area contributed by atoms with E-state index in [1.807, 2.05) is 18.2 Å². The van der Waals surface area contributed by atoms with Crippen molar-refractivity contribution < 1.29 is 4.79 Å². The Kier molecular flexibility index (Phi) is 6.20. The fourth-order valence-electron chi connectivity index (χ4n) is 2.82. The quantitative estimate of drug-likeness (QED) is 0.611. The number of amides is 1. The molecule has 26 heavy (non-hydrogen) atoms. The molecule has 1 aliphatic rings. The van der Waals surface area contributed by atoms with Gasteiger partial charge in [0.15, 0.2) is 0 Å². The maximum Gasteiger partial charge on any atom is 0.251 e. The molecular formula is C21H23BrN2OS. The fraction of sp³-hybridized carbons (Fsp3) is 0.333. The number of aliphatic imine (C=N–C) groups is 1. The van der Waals surface area contributed by atoms with Crippen LogP contribution in [-0.4, -0.2) is 18.2 Å². The molecule has 5 heteroatoms. The Balaban J connectivity index is 1.91. The molecule has 0 aromatic heterocycles. The molecule has 1 amide bonds. The smallest absolute Gasteiger partial charge is 0.251 e. The van der Waals surface area contributed by atoms with Crippen molar-refractivity contribution in [3.05, 3.63) is 52.0 Å². The number of hydrogen-bond donors (Lipinski definition) is 1. The van der Waals surface area contributed by atoms with Crippen molar-refractivity contribution in [3.63, 3.8) is 0 Å². The zero-order valence-electron chi connectivity index (χ0n) is 15.3. The first-order valence-electron chi connectivity index (χ1n) is 8.95. The number of carbonyl (C=O) groups excluding carboxylic acids is 1. The molecule has 0 radical (unpaired) electrons. The van der Waals surface area contributed by atoms with Crippen LogP contribution in [0.1, 0.15) is 49.5 Å². The van der Waals surface area contributed by atoms with Gasteiger partial charge in [-0.1, -0.05) is 48.5 Å². The molecule has 3 nitrogen and oxygen atoms in total. The molecule has 2 aromatic carbocycles. The molecular weight excluding hydrogens is 408 g/mol. The number of benzene rings is 2. The summed E-state index contributed by atoms with van der Waals surface area (Å²) < 4.78 is 1.05. The largest absolute Gasteiger partial charge is 0.352 e. The predicted octanol–water partition coefficient (Wildman–Crippen LogP) is 6.22. The van der Waals surface area contributed by atoms with Crippen molar-refractivity contribution in [1.29, 1.82) is 0 Å². The highest BCUT2D eigenvalue weighted by Gasteiger charge is 2.18. The van der Waals surface area contributed by atoms with Crippen LogP contribution in [-0.2, 0) is 0 Å².